The minimum atomic E-state index is -0.0781. The first kappa shape index (κ1) is 23.1. The average Bonchev–Trinajstić information content (AvgIpc) is 2.46. The quantitative estimate of drug-likeness (QED) is 0.808. The minimum Gasteiger partial charge on any atom is -0.870 e. The van der Waals surface area contributed by atoms with Crippen LogP contribution in [0, 0.1) is 0 Å². The number of nitrogens with one attached hydrogen (secondary N) is 1. The van der Waals surface area contributed by atoms with Gasteiger partial charge in [-0.15, -0.1) is 0 Å². The van der Waals surface area contributed by atoms with Gasteiger partial charge in [-0.05, 0) is 35.4 Å². The van der Waals surface area contributed by atoms with E-state index in [2.05, 4.69) is 21.2 Å². The number of nitrogens with two attached hydrogens (primary N) is 1. The Morgan fingerprint density at radius 1 is 1.09 bits per heavy atom. The molecule has 6 N–H and O–H groups in total. The maximum atomic E-state index is 11.9. The zero-order chi connectivity index (χ0) is 13.7. The van der Waals surface area contributed by atoms with Gasteiger partial charge in [0.05, 0.1) is 0 Å². The van der Waals surface area contributed by atoms with E-state index in [1.807, 2.05) is 36.4 Å². The van der Waals surface area contributed by atoms with E-state index in [0.717, 1.165) is 15.6 Å². The van der Waals surface area contributed by atoms with E-state index in [4.69, 9.17) is 5.73 Å². The summed E-state index contributed by atoms with van der Waals surface area (Å²) in [5.74, 6) is -0.0781. The summed E-state index contributed by atoms with van der Waals surface area (Å²) in [4.78, 5) is 11.9. The van der Waals surface area contributed by atoms with Gasteiger partial charge in [-0.2, -0.15) is 0 Å². The third-order valence-electron chi connectivity index (χ3n) is 2.79. The van der Waals surface area contributed by atoms with Crippen molar-refractivity contribution in [1.82, 2.24) is 5.32 Å². The molecule has 0 spiro atoms. The smallest absolute Gasteiger partial charge is 0.251 e. The SMILES string of the molecule is NCc1cccc(CNC(=O)c2ccc(Br)cc2)c1.O.[OH-].[V]. The third-order valence-corrected chi connectivity index (χ3v) is 3.32. The van der Waals surface area contributed by atoms with Crippen molar-refractivity contribution in [2.75, 3.05) is 0 Å². The van der Waals surface area contributed by atoms with Gasteiger partial charge in [0.2, 0.25) is 0 Å². The number of hydrogen-bond acceptors (Lipinski definition) is 3. The predicted octanol–water partition coefficient (Wildman–Crippen LogP) is 1.83. The van der Waals surface area contributed by atoms with E-state index < -0.39 is 0 Å². The number of benzene rings is 2. The molecule has 0 aromatic heterocycles. The summed E-state index contributed by atoms with van der Waals surface area (Å²) in [6.45, 7) is 1.01. The van der Waals surface area contributed by atoms with Crippen molar-refractivity contribution >= 4 is 21.8 Å². The standard InChI is InChI=1S/C15H15BrN2O.2H2O.V/c16-14-6-4-13(5-7-14)15(19)18-10-12-3-1-2-11(8-12)9-17;;;/h1-8H,9-10,17H2,(H,18,19);2*1H2;/p-1. The Kier molecular flexibility index (Phi) is 12.0. The van der Waals surface area contributed by atoms with E-state index in [9.17, 15) is 4.79 Å². The van der Waals surface area contributed by atoms with Crippen molar-refractivity contribution < 1.29 is 34.3 Å². The van der Waals surface area contributed by atoms with Gasteiger partial charge >= 0.3 is 0 Å². The van der Waals surface area contributed by atoms with Gasteiger partial charge in [-0.3, -0.25) is 4.79 Å². The number of carbonyl (C=O) groups is 1. The Balaban J connectivity index is 0. The zero-order valence-electron chi connectivity index (χ0n) is 11.8. The average molecular weight is 405 g/mol. The van der Waals surface area contributed by atoms with Gasteiger partial charge in [-0.25, -0.2) is 0 Å². The van der Waals surface area contributed by atoms with Gasteiger partial charge < -0.3 is 22.0 Å². The summed E-state index contributed by atoms with van der Waals surface area (Å²) in [7, 11) is 0. The second-order valence-electron chi connectivity index (χ2n) is 4.21. The molecule has 1 radical (unpaired) electrons. The molecule has 7 heteroatoms. The summed E-state index contributed by atoms with van der Waals surface area (Å²) < 4.78 is 0.958. The fourth-order valence-corrected chi connectivity index (χ4v) is 2.02. The minimum absolute atomic E-state index is 0. The topological polar surface area (TPSA) is 117 Å². The molecule has 0 heterocycles. The van der Waals surface area contributed by atoms with Crippen LogP contribution in [-0.4, -0.2) is 16.9 Å². The van der Waals surface area contributed by atoms with Crippen LogP contribution < -0.4 is 11.1 Å². The van der Waals surface area contributed by atoms with Crippen molar-refractivity contribution in [2.45, 2.75) is 13.1 Å². The second kappa shape index (κ2) is 11.4. The summed E-state index contributed by atoms with van der Waals surface area (Å²) in [6.07, 6.45) is 0. The van der Waals surface area contributed by atoms with Gasteiger partial charge in [0, 0.05) is 41.7 Å². The first-order valence-corrected chi connectivity index (χ1v) is 6.80. The molecule has 5 nitrogen and oxygen atoms in total. The monoisotopic (exact) mass is 404 g/mol. The molecular weight excluding hydrogens is 387 g/mol. The number of amides is 1. The second-order valence-corrected chi connectivity index (χ2v) is 5.13. The molecule has 2 aromatic rings. The number of carbonyl (C=O) groups excluding carboxylic acids is 1. The molecule has 0 aliphatic heterocycles. The Morgan fingerprint density at radius 3 is 2.27 bits per heavy atom. The van der Waals surface area contributed by atoms with Crippen LogP contribution in [0.15, 0.2) is 53.0 Å². The summed E-state index contributed by atoms with van der Waals surface area (Å²) in [6, 6.07) is 15.2. The Labute approximate surface area is 149 Å². The molecule has 22 heavy (non-hydrogen) atoms. The van der Waals surface area contributed by atoms with Crippen molar-refractivity contribution in [3.8, 4) is 0 Å². The summed E-state index contributed by atoms with van der Waals surface area (Å²) in [5.41, 5.74) is 8.35. The maximum absolute atomic E-state index is 11.9. The van der Waals surface area contributed by atoms with Crippen molar-refractivity contribution in [3.05, 3.63) is 69.7 Å². The normalized spacial score (nSPS) is 8.82. The van der Waals surface area contributed by atoms with E-state index in [1.54, 1.807) is 12.1 Å². The molecule has 119 valence electrons. The Hall–Kier alpha value is -1.15. The van der Waals surface area contributed by atoms with Crippen LogP contribution in [0.5, 0.6) is 0 Å². The van der Waals surface area contributed by atoms with E-state index in [-0.39, 0.29) is 35.4 Å². The van der Waals surface area contributed by atoms with Crippen LogP contribution in [0.1, 0.15) is 21.5 Å². The molecule has 2 aromatic carbocycles. The predicted molar refractivity (Wildman–Crippen MR) is 85.2 cm³/mol. The van der Waals surface area contributed by atoms with Crippen LogP contribution in [0.3, 0.4) is 0 Å². The van der Waals surface area contributed by atoms with Crippen LogP contribution in [-0.2, 0) is 31.6 Å². The van der Waals surface area contributed by atoms with Crippen molar-refractivity contribution in [2.24, 2.45) is 5.73 Å². The Bertz CT molecular complexity index is 579. The maximum Gasteiger partial charge on any atom is 0.251 e. The van der Waals surface area contributed by atoms with Crippen molar-refractivity contribution in [1.29, 1.82) is 0 Å². The molecule has 0 saturated carbocycles. The zero-order valence-corrected chi connectivity index (χ0v) is 14.8. The van der Waals surface area contributed by atoms with E-state index >= 15 is 0 Å². The molecule has 0 aliphatic rings. The Morgan fingerprint density at radius 2 is 1.68 bits per heavy atom. The van der Waals surface area contributed by atoms with Crippen LogP contribution >= 0.6 is 15.9 Å². The fraction of sp³-hybridized carbons (Fsp3) is 0.133. The molecule has 0 aliphatic carbocycles. The first-order valence-electron chi connectivity index (χ1n) is 6.00. The van der Waals surface area contributed by atoms with Gasteiger partial charge in [0.1, 0.15) is 0 Å². The van der Waals surface area contributed by atoms with Crippen LogP contribution in [0.2, 0.25) is 0 Å². The third kappa shape index (κ3) is 6.74. The summed E-state index contributed by atoms with van der Waals surface area (Å²) in [5, 5.41) is 2.89. The van der Waals surface area contributed by atoms with Gasteiger partial charge in [0.25, 0.3) is 5.91 Å². The molecule has 1 amide bonds. The molecule has 0 atom stereocenters. The van der Waals surface area contributed by atoms with Gasteiger partial charge in [0.15, 0.2) is 0 Å². The molecular formula is C15H18BrN2O3V-. The molecule has 0 saturated heterocycles. The number of hydrogen-bond donors (Lipinski definition) is 2. The van der Waals surface area contributed by atoms with Crippen molar-refractivity contribution in [3.63, 3.8) is 0 Å². The number of rotatable bonds is 4. The number of halogens is 1. The fourth-order valence-electron chi connectivity index (χ4n) is 1.75. The molecule has 0 fully saturated rings. The molecule has 0 unspecified atom stereocenters. The largest absolute Gasteiger partial charge is 0.870 e. The van der Waals surface area contributed by atoms with E-state index in [0.29, 0.717) is 18.7 Å². The van der Waals surface area contributed by atoms with Gasteiger partial charge in [-0.1, -0.05) is 40.2 Å². The van der Waals surface area contributed by atoms with E-state index in [1.165, 1.54) is 0 Å². The molecule has 2 rings (SSSR count). The summed E-state index contributed by atoms with van der Waals surface area (Å²) >= 11 is 3.34. The van der Waals surface area contributed by atoms with Crippen LogP contribution in [0.25, 0.3) is 0 Å². The molecule has 0 bridgehead atoms. The first-order chi connectivity index (χ1) is 9.19. The van der Waals surface area contributed by atoms with Crippen LogP contribution in [0.4, 0.5) is 0 Å².